The number of ketones is 1. The summed E-state index contributed by atoms with van der Waals surface area (Å²) < 4.78 is 0. The maximum absolute atomic E-state index is 15.4. The van der Waals surface area contributed by atoms with Gasteiger partial charge in [-0.15, -0.1) is 0 Å². The zero-order valence-corrected chi connectivity index (χ0v) is 51.3. The molecule has 0 radical (unpaired) electrons. The summed E-state index contributed by atoms with van der Waals surface area (Å²) in [6.07, 6.45) is 28.8. The normalized spacial score (nSPS) is 19.9. The monoisotopic (exact) mass is 1090 g/mol. The smallest absolute Gasteiger partial charge is 0.146 e. The van der Waals surface area contributed by atoms with E-state index >= 15 is 4.79 Å². The van der Waals surface area contributed by atoms with Gasteiger partial charge in [-0.2, -0.15) is 0 Å². The van der Waals surface area contributed by atoms with E-state index in [1.807, 2.05) is 0 Å². The van der Waals surface area contributed by atoms with Crippen LogP contribution in [0.5, 0.6) is 0 Å². The molecule has 83 heavy (non-hydrogen) atoms. The van der Waals surface area contributed by atoms with Crippen molar-refractivity contribution in [3.05, 3.63) is 195 Å². The molecule has 0 saturated heterocycles. The molecule has 2 nitrogen and oxygen atoms in total. The molecule has 0 N–H and O–H groups in total. The maximum atomic E-state index is 15.4. The Kier molecular flexibility index (Phi) is 18.0. The van der Waals surface area contributed by atoms with E-state index in [0.29, 0.717) is 12.2 Å². The van der Waals surface area contributed by atoms with Crippen molar-refractivity contribution in [2.45, 2.75) is 205 Å². The number of unbranched alkanes of at least 4 members (excludes halogenated alkanes) is 12. The highest BCUT2D eigenvalue weighted by Gasteiger charge is 2.72. The molecule has 0 aromatic heterocycles. The molecular weight excluding hydrogens is 1000 g/mol. The van der Waals surface area contributed by atoms with E-state index in [1.54, 1.807) is 0 Å². The maximum Gasteiger partial charge on any atom is 0.146 e. The van der Waals surface area contributed by atoms with Crippen LogP contribution >= 0.6 is 0 Å². The summed E-state index contributed by atoms with van der Waals surface area (Å²) in [5, 5.41) is 0. The molecule has 0 spiro atoms. The Hall–Kier alpha value is -6.63. The predicted molar refractivity (Wildman–Crippen MR) is 349 cm³/mol. The second-order valence-corrected chi connectivity index (χ2v) is 25.9. The number of hydrogen-bond acceptors (Lipinski definition) is 2. The lowest BCUT2D eigenvalue weighted by Crippen LogP contribution is -2.48. The van der Waals surface area contributed by atoms with E-state index in [2.05, 4.69) is 216 Å². The standard InChI is InChI=1S/C81H91NO/c1-7-11-15-26-50-78(51-27-16-12-8-2)71-55-62(38-36-60-31-21-19-22-32-60)40-45-66(71)67-47-42-64(57-72(67)78)43-49-70-77(80-54-30-25-35-75(80)81(70,82(5)6)59-76(80)83)65-44-48-69-68-46-41-63(39-37-61-33-23-20-24-34-61)56-73(68)79(74(69)58-65,52-28-17-13-9-3)53-29-18-14-10-4/h19-24,31-34,40-42,44-48,55-58,75H,7-18,25-30,35,50-54,59H2,1-6H3/t75-,80-,81-/m0/s1. The van der Waals surface area contributed by atoms with Gasteiger partial charge in [-0.05, 0) is 181 Å². The molecule has 11 rings (SSSR count). The zero-order chi connectivity index (χ0) is 57.4. The molecule has 6 aromatic carbocycles. The van der Waals surface area contributed by atoms with Gasteiger partial charge in [0.1, 0.15) is 5.78 Å². The Morgan fingerprint density at radius 1 is 0.434 bits per heavy atom. The van der Waals surface area contributed by atoms with E-state index in [4.69, 9.17) is 0 Å². The molecule has 0 amide bonds. The molecule has 2 saturated carbocycles. The van der Waals surface area contributed by atoms with Crippen molar-refractivity contribution < 1.29 is 4.79 Å². The summed E-state index contributed by atoms with van der Waals surface area (Å²) in [4.78, 5) is 17.9. The van der Waals surface area contributed by atoms with Crippen molar-refractivity contribution in [1.82, 2.24) is 4.90 Å². The highest BCUT2D eigenvalue weighted by Crippen LogP contribution is 2.71. The zero-order valence-electron chi connectivity index (χ0n) is 51.3. The van der Waals surface area contributed by atoms with Crippen molar-refractivity contribution in [3.63, 3.8) is 0 Å². The number of carbonyl (C=O) groups is 1. The highest BCUT2D eigenvalue weighted by molar-refractivity contribution is 6.08. The van der Waals surface area contributed by atoms with Gasteiger partial charge in [-0.3, -0.25) is 9.69 Å². The third-order valence-electron chi connectivity index (χ3n) is 20.8. The van der Waals surface area contributed by atoms with Crippen molar-refractivity contribution in [2.75, 3.05) is 14.1 Å². The first-order valence-electron chi connectivity index (χ1n) is 32.9. The molecule has 2 bridgehead atoms. The van der Waals surface area contributed by atoms with Crippen LogP contribution in [0.25, 0.3) is 27.8 Å². The van der Waals surface area contributed by atoms with Gasteiger partial charge >= 0.3 is 0 Å². The molecule has 0 heterocycles. The molecule has 6 aromatic rings. The predicted octanol–water partition coefficient (Wildman–Crippen LogP) is 20.2. The Morgan fingerprint density at radius 2 is 0.831 bits per heavy atom. The second kappa shape index (κ2) is 25.7. The van der Waals surface area contributed by atoms with Gasteiger partial charge in [0.25, 0.3) is 0 Å². The summed E-state index contributed by atoms with van der Waals surface area (Å²) in [6, 6.07) is 49.8. The fraction of sp³-hybridized carbons (Fsp3) is 0.444. The number of likely N-dealkylation sites (N-methyl/N-ethyl adjacent to an activating group) is 1. The molecular formula is C81H91NO. The summed E-state index contributed by atoms with van der Waals surface area (Å²) in [7, 11) is 4.49. The van der Waals surface area contributed by atoms with Gasteiger partial charge in [0, 0.05) is 50.6 Å². The largest absolute Gasteiger partial charge is 0.299 e. The van der Waals surface area contributed by atoms with Crippen LogP contribution < -0.4 is 0 Å². The molecule has 5 aliphatic carbocycles. The molecule has 0 aliphatic heterocycles. The topological polar surface area (TPSA) is 20.3 Å². The van der Waals surface area contributed by atoms with Gasteiger partial charge in [-0.25, -0.2) is 0 Å². The minimum atomic E-state index is -0.551. The summed E-state index contributed by atoms with van der Waals surface area (Å²) in [6.45, 7) is 9.31. The lowest BCUT2D eigenvalue weighted by atomic mass is 9.63. The van der Waals surface area contributed by atoms with E-state index in [-0.39, 0.29) is 16.7 Å². The average Bonchev–Trinajstić information content (AvgIpc) is 1.67. The molecule has 3 atom stereocenters. The van der Waals surface area contributed by atoms with Crippen LogP contribution in [-0.2, 0) is 15.6 Å². The fourth-order valence-corrected chi connectivity index (χ4v) is 16.7. The number of allylic oxidation sites excluding steroid dienone is 1. The Bertz CT molecular complexity index is 3510. The van der Waals surface area contributed by atoms with Crippen molar-refractivity contribution in [3.8, 4) is 57.8 Å². The number of hydrogen-bond donors (Lipinski definition) is 0. The minimum absolute atomic E-state index is 0.118. The SMILES string of the molecule is CCCCCCC1(CCCCCC)c2cc(C#CC3=C(c4ccc5c(c4)C(CCCCCC)(CCCCCC)c4cc(C#Cc6ccccc6)ccc4-5)[C@@]45CCCC[C@@H]4[C@]3(N(C)C)CC5=O)ccc2-c2ccc(C#Cc3ccccc3)cc21. The van der Waals surface area contributed by atoms with Gasteiger partial charge in [0.05, 0.1) is 11.0 Å². The molecule has 2 fully saturated rings. The summed E-state index contributed by atoms with van der Waals surface area (Å²) in [5.74, 6) is 22.9. The van der Waals surface area contributed by atoms with Gasteiger partial charge in [-0.1, -0.05) is 246 Å². The van der Waals surface area contributed by atoms with Crippen LogP contribution in [0.1, 0.15) is 244 Å². The van der Waals surface area contributed by atoms with Gasteiger partial charge in [0.2, 0.25) is 0 Å². The quantitative estimate of drug-likeness (QED) is 0.0499. The molecule has 426 valence electrons. The lowest BCUT2D eigenvalue weighted by molar-refractivity contribution is -0.125. The first-order chi connectivity index (χ1) is 40.7. The lowest BCUT2D eigenvalue weighted by Gasteiger charge is -2.42. The van der Waals surface area contributed by atoms with Gasteiger partial charge < -0.3 is 0 Å². The fourth-order valence-electron chi connectivity index (χ4n) is 16.7. The second-order valence-electron chi connectivity index (χ2n) is 25.9. The Labute approximate surface area is 500 Å². The van der Waals surface area contributed by atoms with E-state index in [0.717, 1.165) is 79.2 Å². The molecule has 5 aliphatic rings. The van der Waals surface area contributed by atoms with Crippen LogP contribution in [0.3, 0.4) is 0 Å². The van der Waals surface area contributed by atoms with E-state index < -0.39 is 11.0 Å². The van der Waals surface area contributed by atoms with Crippen LogP contribution in [0.4, 0.5) is 0 Å². The Morgan fingerprint density at radius 3 is 1.25 bits per heavy atom. The number of benzene rings is 6. The first-order valence-corrected chi connectivity index (χ1v) is 32.9. The number of fused-ring (bicyclic) bond motifs is 6. The third kappa shape index (κ3) is 10.9. The number of rotatable bonds is 22. The third-order valence-corrected chi connectivity index (χ3v) is 20.8. The first kappa shape index (κ1) is 58.2. The van der Waals surface area contributed by atoms with Crippen LogP contribution in [0.2, 0.25) is 0 Å². The molecule has 0 unspecified atom stereocenters. The van der Waals surface area contributed by atoms with E-state index in [9.17, 15) is 0 Å². The highest BCUT2D eigenvalue weighted by atomic mass is 16.1. The van der Waals surface area contributed by atoms with Crippen molar-refractivity contribution in [2.24, 2.45) is 11.3 Å². The van der Waals surface area contributed by atoms with Crippen molar-refractivity contribution >= 4 is 11.4 Å². The summed E-state index contributed by atoms with van der Waals surface area (Å²) >= 11 is 0. The molecule has 2 heteroatoms. The number of Topliss-reactive ketones (excluding diaryl/α,β-unsaturated/α-hetero) is 1. The van der Waals surface area contributed by atoms with Crippen LogP contribution in [-0.4, -0.2) is 30.3 Å². The van der Waals surface area contributed by atoms with Crippen molar-refractivity contribution in [1.29, 1.82) is 0 Å². The van der Waals surface area contributed by atoms with Crippen LogP contribution in [0.15, 0.2) is 139 Å². The minimum Gasteiger partial charge on any atom is -0.299 e. The van der Waals surface area contributed by atoms with Gasteiger partial charge in [0.15, 0.2) is 0 Å². The number of nitrogens with zero attached hydrogens (tertiary/aromatic N) is 1. The average molecular weight is 1090 g/mol. The number of carbonyl (C=O) groups excluding carboxylic acids is 1. The van der Waals surface area contributed by atoms with Crippen LogP contribution in [0, 0.1) is 46.9 Å². The van der Waals surface area contributed by atoms with E-state index in [1.165, 1.54) is 164 Å². The Balaban J connectivity index is 1.07. The summed E-state index contributed by atoms with van der Waals surface area (Å²) in [5.41, 5.74) is 19.0.